The van der Waals surface area contributed by atoms with Crippen molar-refractivity contribution in [3.05, 3.63) is 34.6 Å². The number of aliphatic hydroxyl groups excluding tert-OH is 1. The third-order valence-electron chi connectivity index (χ3n) is 3.57. The molecule has 4 heteroatoms. The number of hydrogen-bond acceptors (Lipinski definition) is 2. The van der Waals surface area contributed by atoms with Crippen LogP contribution >= 0.6 is 11.6 Å². The molecule has 17 heavy (non-hydrogen) atoms. The maximum absolute atomic E-state index is 13.2. The minimum absolute atomic E-state index is 0.147. The number of hydrogen-bond donors (Lipinski definition) is 1. The van der Waals surface area contributed by atoms with Crippen LogP contribution in [0.15, 0.2) is 18.2 Å². The van der Waals surface area contributed by atoms with Crippen molar-refractivity contribution >= 4 is 11.6 Å². The molecule has 0 spiro atoms. The van der Waals surface area contributed by atoms with Crippen LogP contribution < -0.4 is 0 Å². The smallest absolute Gasteiger partial charge is 0.123 e. The molecule has 94 valence electrons. The summed E-state index contributed by atoms with van der Waals surface area (Å²) in [5, 5.41) is 9.95. The first-order chi connectivity index (χ1) is 8.11. The average Bonchev–Trinajstić information content (AvgIpc) is 2.64. The van der Waals surface area contributed by atoms with Crippen molar-refractivity contribution < 1.29 is 9.50 Å². The topological polar surface area (TPSA) is 23.5 Å². The molecule has 1 aliphatic heterocycles. The molecule has 2 unspecified atom stereocenters. The summed E-state index contributed by atoms with van der Waals surface area (Å²) in [7, 11) is 0. The van der Waals surface area contributed by atoms with Crippen LogP contribution in [0.25, 0.3) is 0 Å². The van der Waals surface area contributed by atoms with E-state index in [1.807, 2.05) is 0 Å². The van der Waals surface area contributed by atoms with Crippen molar-refractivity contribution in [2.45, 2.75) is 25.9 Å². The monoisotopic (exact) mass is 257 g/mol. The molecule has 0 radical (unpaired) electrons. The molecule has 1 aromatic carbocycles. The Balaban J connectivity index is 2.12. The molecule has 1 fully saturated rings. The molecule has 0 saturated carbocycles. The van der Waals surface area contributed by atoms with Crippen LogP contribution in [0.5, 0.6) is 0 Å². The van der Waals surface area contributed by atoms with Crippen molar-refractivity contribution in [2.24, 2.45) is 5.92 Å². The maximum atomic E-state index is 13.2. The molecule has 1 heterocycles. The van der Waals surface area contributed by atoms with Gasteiger partial charge in [0, 0.05) is 17.6 Å². The van der Waals surface area contributed by atoms with Crippen LogP contribution in [0.3, 0.4) is 0 Å². The summed E-state index contributed by atoms with van der Waals surface area (Å²) >= 11 is 6.05. The van der Waals surface area contributed by atoms with E-state index < -0.39 is 0 Å². The highest BCUT2D eigenvalue weighted by Crippen LogP contribution is 2.27. The summed E-state index contributed by atoms with van der Waals surface area (Å²) in [6.07, 6.45) is 1.07. The largest absolute Gasteiger partial charge is 0.395 e. The van der Waals surface area contributed by atoms with Gasteiger partial charge in [-0.05, 0) is 42.6 Å². The first-order valence-electron chi connectivity index (χ1n) is 5.90. The zero-order valence-electron chi connectivity index (χ0n) is 9.87. The predicted octanol–water partition coefficient (Wildman–Crippen LogP) is 2.68. The number of likely N-dealkylation sites (tertiary alicyclic amines) is 1. The lowest BCUT2D eigenvalue weighted by Crippen LogP contribution is -2.34. The minimum Gasteiger partial charge on any atom is -0.395 e. The van der Waals surface area contributed by atoms with Gasteiger partial charge < -0.3 is 5.11 Å². The van der Waals surface area contributed by atoms with Crippen molar-refractivity contribution in [1.82, 2.24) is 4.90 Å². The number of benzene rings is 1. The van der Waals surface area contributed by atoms with Gasteiger partial charge in [0.2, 0.25) is 0 Å². The van der Waals surface area contributed by atoms with Crippen LogP contribution in [0.2, 0.25) is 5.02 Å². The molecular weight excluding hydrogens is 241 g/mol. The molecule has 0 amide bonds. The van der Waals surface area contributed by atoms with Crippen molar-refractivity contribution in [3.8, 4) is 0 Å². The van der Waals surface area contributed by atoms with Gasteiger partial charge >= 0.3 is 0 Å². The van der Waals surface area contributed by atoms with Gasteiger partial charge in [0.15, 0.2) is 0 Å². The van der Waals surface area contributed by atoms with E-state index in [1.165, 1.54) is 12.1 Å². The van der Waals surface area contributed by atoms with Crippen molar-refractivity contribution in [1.29, 1.82) is 0 Å². The lowest BCUT2D eigenvalue weighted by Gasteiger charge is -2.25. The van der Waals surface area contributed by atoms with Crippen molar-refractivity contribution in [3.63, 3.8) is 0 Å². The first-order valence-corrected chi connectivity index (χ1v) is 6.28. The van der Waals surface area contributed by atoms with Gasteiger partial charge in [-0.15, -0.1) is 0 Å². The Labute approximate surface area is 106 Å². The Kier molecular flexibility index (Phi) is 4.02. The van der Waals surface area contributed by atoms with Gasteiger partial charge in [-0.25, -0.2) is 4.39 Å². The first kappa shape index (κ1) is 12.8. The summed E-state index contributed by atoms with van der Waals surface area (Å²) in [6, 6.07) is 4.58. The second kappa shape index (κ2) is 5.34. The van der Waals surface area contributed by atoms with E-state index in [9.17, 15) is 9.50 Å². The average molecular weight is 258 g/mol. The fourth-order valence-electron chi connectivity index (χ4n) is 2.46. The Hall–Kier alpha value is -0.640. The van der Waals surface area contributed by atoms with Crippen LogP contribution in [0.4, 0.5) is 4.39 Å². The normalized spacial score (nSPS) is 25.4. The molecule has 2 rings (SSSR count). The number of rotatable bonds is 3. The third-order valence-corrected chi connectivity index (χ3v) is 3.93. The zero-order valence-corrected chi connectivity index (χ0v) is 10.6. The molecule has 1 aromatic rings. The molecule has 1 N–H and O–H groups in total. The predicted molar refractivity (Wildman–Crippen MR) is 66.5 cm³/mol. The molecular formula is C13H17ClFNO. The Morgan fingerprint density at radius 1 is 1.53 bits per heavy atom. The van der Waals surface area contributed by atoms with Gasteiger partial charge in [0.05, 0.1) is 6.61 Å². The van der Waals surface area contributed by atoms with E-state index in [0.717, 1.165) is 18.5 Å². The quantitative estimate of drug-likeness (QED) is 0.900. The fourth-order valence-corrected chi connectivity index (χ4v) is 2.64. The van der Waals surface area contributed by atoms with Crippen LogP contribution in [-0.4, -0.2) is 29.2 Å². The zero-order chi connectivity index (χ0) is 12.4. The van der Waals surface area contributed by atoms with Gasteiger partial charge in [0.1, 0.15) is 5.82 Å². The molecule has 0 aliphatic carbocycles. The standard InChI is InChI=1S/C13H17ClFNO/c1-9-4-5-16(13(9)8-17)7-10-6-11(15)2-3-12(10)14/h2-3,6,9,13,17H,4-5,7-8H2,1H3. The van der Waals surface area contributed by atoms with Crippen LogP contribution in [0, 0.1) is 11.7 Å². The fraction of sp³-hybridized carbons (Fsp3) is 0.538. The Bertz CT molecular complexity index is 399. The number of aliphatic hydroxyl groups is 1. The molecule has 1 saturated heterocycles. The van der Waals surface area contributed by atoms with Gasteiger partial charge in [-0.1, -0.05) is 18.5 Å². The van der Waals surface area contributed by atoms with Gasteiger partial charge in [-0.2, -0.15) is 0 Å². The number of nitrogens with zero attached hydrogens (tertiary/aromatic N) is 1. The summed E-state index contributed by atoms with van der Waals surface area (Å²) in [6.45, 7) is 3.81. The lowest BCUT2D eigenvalue weighted by atomic mass is 10.0. The molecule has 2 nitrogen and oxygen atoms in total. The third kappa shape index (κ3) is 2.79. The van der Waals surface area contributed by atoms with E-state index in [2.05, 4.69) is 11.8 Å². The summed E-state index contributed by atoms with van der Waals surface area (Å²) in [4.78, 5) is 2.17. The minimum atomic E-state index is -0.266. The highest BCUT2D eigenvalue weighted by atomic mass is 35.5. The molecule has 2 atom stereocenters. The molecule has 0 aromatic heterocycles. The number of halogens is 2. The second-order valence-electron chi connectivity index (χ2n) is 4.72. The highest BCUT2D eigenvalue weighted by molar-refractivity contribution is 6.31. The maximum Gasteiger partial charge on any atom is 0.123 e. The van der Waals surface area contributed by atoms with Gasteiger partial charge in [-0.3, -0.25) is 4.90 Å². The molecule has 1 aliphatic rings. The van der Waals surface area contributed by atoms with E-state index in [4.69, 9.17) is 11.6 Å². The second-order valence-corrected chi connectivity index (χ2v) is 5.13. The SMILES string of the molecule is CC1CCN(Cc2cc(F)ccc2Cl)C1CO. The van der Waals surface area contributed by atoms with Crippen molar-refractivity contribution in [2.75, 3.05) is 13.2 Å². The summed E-state index contributed by atoms with van der Waals surface area (Å²) in [5.41, 5.74) is 0.791. The lowest BCUT2D eigenvalue weighted by molar-refractivity contribution is 0.134. The highest BCUT2D eigenvalue weighted by Gasteiger charge is 2.30. The van der Waals surface area contributed by atoms with E-state index >= 15 is 0 Å². The van der Waals surface area contributed by atoms with Crippen LogP contribution in [-0.2, 0) is 6.54 Å². The van der Waals surface area contributed by atoms with E-state index in [0.29, 0.717) is 17.5 Å². The Morgan fingerprint density at radius 2 is 2.29 bits per heavy atom. The Morgan fingerprint density at radius 3 is 3.00 bits per heavy atom. The van der Waals surface area contributed by atoms with Crippen LogP contribution in [0.1, 0.15) is 18.9 Å². The van der Waals surface area contributed by atoms with Gasteiger partial charge in [0.25, 0.3) is 0 Å². The van der Waals surface area contributed by atoms with E-state index in [1.54, 1.807) is 6.07 Å². The summed E-state index contributed by atoms with van der Waals surface area (Å²) in [5.74, 6) is 0.213. The summed E-state index contributed by atoms with van der Waals surface area (Å²) < 4.78 is 13.2. The molecule has 0 bridgehead atoms. The van der Waals surface area contributed by atoms with E-state index in [-0.39, 0.29) is 18.5 Å².